The monoisotopic (exact) mass is 262 g/mol. The number of aromatic nitrogens is 2. The van der Waals surface area contributed by atoms with Gasteiger partial charge in [0.05, 0.1) is 0 Å². The molecule has 106 valence electrons. The molecule has 19 heavy (non-hydrogen) atoms. The highest BCUT2D eigenvalue weighted by atomic mass is 15.2. The van der Waals surface area contributed by atoms with Crippen LogP contribution in [0.3, 0.4) is 0 Å². The second-order valence-corrected chi connectivity index (χ2v) is 5.99. The molecule has 0 bridgehead atoms. The van der Waals surface area contributed by atoms with Crippen LogP contribution in [0.2, 0.25) is 0 Å². The van der Waals surface area contributed by atoms with Crippen molar-refractivity contribution in [3.8, 4) is 0 Å². The largest absolute Gasteiger partial charge is 0.370 e. The summed E-state index contributed by atoms with van der Waals surface area (Å²) in [6.45, 7) is 13.1. The second-order valence-electron chi connectivity index (χ2n) is 5.99. The molecule has 1 fully saturated rings. The zero-order valence-corrected chi connectivity index (χ0v) is 12.8. The SMILES string of the molecule is CCNc1ncnc(N2CC(C)CC2C)c1C(C)C. The van der Waals surface area contributed by atoms with E-state index in [1.165, 1.54) is 12.0 Å². The maximum absolute atomic E-state index is 4.58. The summed E-state index contributed by atoms with van der Waals surface area (Å²) < 4.78 is 0. The lowest BCUT2D eigenvalue weighted by Gasteiger charge is -2.27. The van der Waals surface area contributed by atoms with Gasteiger partial charge in [0, 0.05) is 24.7 Å². The van der Waals surface area contributed by atoms with E-state index in [-0.39, 0.29) is 0 Å². The van der Waals surface area contributed by atoms with Crippen LogP contribution in [0.5, 0.6) is 0 Å². The van der Waals surface area contributed by atoms with Crippen LogP contribution in [0, 0.1) is 5.92 Å². The summed E-state index contributed by atoms with van der Waals surface area (Å²) in [5.41, 5.74) is 1.25. The molecule has 0 saturated carbocycles. The van der Waals surface area contributed by atoms with Crippen LogP contribution in [0.15, 0.2) is 6.33 Å². The molecule has 0 spiro atoms. The van der Waals surface area contributed by atoms with Crippen LogP contribution in [0.1, 0.15) is 52.5 Å². The highest BCUT2D eigenvalue weighted by molar-refractivity contribution is 5.61. The Morgan fingerprint density at radius 2 is 2.11 bits per heavy atom. The van der Waals surface area contributed by atoms with E-state index >= 15 is 0 Å². The Balaban J connectivity index is 2.41. The Morgan fingerprint density at radius 1 is 1.37 bits per heavy atom. The highest BCUT2D eigenvalue weighted by Crippen LogP contribution is 2.35. The van der Waals surface area contributed by atoms with E-state index < -0.39 is 0 Å². The first-order chi connectivity index (χ1) is 9.04. The lowest BCUT2D eigenvalue weighted by Crippen LogP contribution is -2.29. The Hall–Kier alpha value is -1.32. The van der Waals surface area contributed by atoms with Crippen LogP contribution in [-0.2, 0) is 0 Å². The molecule has 4 nitrogen and oxygen atoms in total. The van der Waals surface area contributed by atoms with Gasteiger partial charge in [-0.3, -0.25) is 0 Å². The molecule has 1 saturated heterocycles. The van der Waals surface area contributed by atoms with Gasteiger partial charge in [-0.1, -0.05) is 20.8 Å². The third kappa shape index (κ3) is 2.82. The Kier molecular flexibility index (Phi) is 4.27. The third-order valence-corrected chi connectivity index (χ3v) is 3.84. The van der Waals surface area contributed by atoms with Crippen molar-refractivity contribution < 1.29 is 0 Å². The van der Waals surface area contributed by atoms with E-state index in [1.807, 2.05) is 0 Å². The normalized spacial score (nSPS) is 23.2. The molecule has 2 rings (SSSR count). The standard InChI is InChI=1S/C15H26N4/c1-6-16-14-13(10(2)3)15(18-9-17-14)19-8-11(4)7-12(19)5/h9-12H,6-8H2,1-5H3,(H,16,17,18). The van der Waals surface area contributed by atoms with Crippen LogP contribution in [0.25, 0.3) is 0 Å². The molecule has 1 aromatic heterocycles. The summed E-state index contributed by atoms with van der Waals surface area (Å²) in [4.78, 5) is 11.4. The molecule has 0 aromatic carbocycles. The number of nitrogens with zero attached hydrogens (tertiary/aromatic N) is 3. The maximum Gasteiger partial charge on any atom is 0.137 e. The van der Waals surface area contributed by atoms with E-state index in [9.17, 15) is 0 Å². The first-order valence-corrected chi connectivity index (χ1v) is 7.40. The van der Waals surface area contributed by atoms with Crippen molar-refractivity contribution in [1.29, 1.82) is 0 Å². The van der Waals surface area contributed by atoms with Crippen molar-refractivity contribution in [2.24, 2.45) is 5.92 Å². The first kappa shape index (κ1) is 14.1. The molecule has 0 radical (unpaired) electrons. The molecular weight excluding hydrogens is 236 g/mol. The summed E-state index contributed by atoms with van der Waals surface area (Å²) in [5, 5.41) is 3.37. The van der Waals surface area contributed by atoms with Gasteiger partial charge in [0.15, 0.2) is 0 Å². The van der Waals surface area contributed by atoms with Gasteiger partial charge in [-0.25, -0.2) is 9.97 Å². The minimum Gasteiger partial charge on any atom is -0.370 e. The van der Waals surface area contributed by atoms with E-state index in [4.69, 9.17) is 0 Å². The van der Waals surface area contributed by atoms with E-state index in [0.717, 1.165) is 30.6 Å². The van der Waals surface area contributed by atoms with Gasteiger partial charge in [0.25, 0.3) is 0 Å². The first-order valence-electron chi connectivity index (χ1n) is 7.40. The van der Waals surface area contributed by atoms with Gasteiger partial charge in [-0.2, -0.15) is 0 Å². The average Bonchev–Trinajstić information content (AvgIpc) is 2.68. The number of hydrogen-bond donors (Lipinski definition) is 1. The molecule has 1 aliphatic heterocycles. The van der Waals surface area contributed by atoms with Crippen LogP contribution >= 0.6 is 0 Å². The predicted octanol–water partition coefficient (Wildman–Crippen LogP) is 3.27. The van der Waals surface area contributed by atoms with Gasteiger partial charge in [0.1, 0.15) is 18.0 Å². The van der Waals surface area contributed by atoms with Crippen molar-refractivity contribution in [2.75, 3.05) is 23.3 Å². The van der Waals surface area contributed by atoms with Gasteiger partial charge in [-0.15, -0.1) is 0 Å². The summed E-state index contributed by atoms with van der Waals surface area (Å²) >= 11 is 0. The fraction of sp³-hybridized carbons (Fsp3) is 0.733. The Morgan fingerprint density at radius 3 is 2.63 bits per heavy atom. The number of nitrogens with one attached hydrogen (secondary N) is 1. The Labute approximate surface area is 116 Å². The molecule has 1 aromatic rings. The summed E-state index contributed by atoms with van der Waals surface area (Å²) in [6.07, 6.45) is 2.94. The van der Waals surface area contributed by atoms with E-state index in [2.05, 4.69) is 54.8 Å². The molecule has 0 aliphatic carbocycles. The molecule has 2 atom stereocenters. The number of rotatable bonds is 4. The zero-order chi connectivity index (χ0) is 14.0. The smallest absolute Gasteiger partial charge is 0.137 e. The number of anilines is 2. The molecular formula is C15H26N4. The average molecular weight is 262 g/mol. The van der Waals surface area contributed by atoms with Crippen molar-refractivity contribution in [3.63, 3.8) is 0 Å². The molecule has 0 amide bonds. The van der Waals surface area contributed by atoms with Gasteiger partial charge < -0.3 is 10.2 Å². The number of hydrogen-bond acceptors (Lipinski definition) is 4. The van der Waals surface area contributed by atoms with Crippen LogP contribution < -0.4 is 10.2 Å². The lowest BCUT2D eigenvalue weighted by atomic mass is 10.0. The third-order valence-electron chi connectivity index (χ3n) is 3.84. The molecule has 1 N–H and O–H groups in total. The van der Waals surface area contributed by atoms with Gasteiger partial charge in [-0.05, 0) is 32.1 Å². The molecule has 4 heteroatoms. The highest BCUT2D eigenvalue weighted by Gasteiger charge is 2.30. The van der Waals surface area contributed by atoms with Crippen molar-refractivity contribution >= 4 is 11.6 Å². The lowest BCUT2D eigenvalue weighted by molar-refractivity contribution is 0.625. The zero-order valence-electron chi connectivity index (χ0n) is 12.8. The molecule has 2 unspecified atom stereocenters. The van der Waals surface area contributed by atoms with Gasteiger partial charge in [0.2, 0.25) is 0 Å². The van der Waals surface area contributed by atoms with Gasteiger partial charge >= 0.3 is 0 Å². The van der Waals surface area contributed by atoms with Crippen LogP contribution in [0.4, 0.5) is 11.6 Å². The summed E-state index contributed by atoms with van der Waals surface area (Å²) in [7, 11) is 0. The maximum atomic E-state index is 4.58. The predicted molar refractivity (Wildman–Crippen MR) is 80.9 cm³/mol. The molecule has 1 aliphatic rings. The second kappa shape index (κ2) is 5.76. The van der Waals surface area contributed by atoms with Crippen molar-refractivity contribution in [3.05, 3.63) is 11.9 Å². The minimum atomic E-state index is 0.424. The topological polar surface area (TPSA) is 41.1 Å². The van der Waals surface area contributed by atoms with E-state index in [1.54, 1.807) is 6.33 Å². The summed E-state index contributed by atoms with van der Waals surface area (Å²) in [6, 6.07) is 0.567. The van der Waals surface area contributed by atoms with Crippen molar-refractivity contribution in [2.45, 2.75) is 53.0 Å². The molecule has 2 heterocycles. The summed E-state index contributed by atoms with van der Waals surface area (Å²) in [5.74, 6) is 3.29. The van der Waals surface area contributed by atoms with Crippen LogP contribution in [-0.4, -0.2) is 29.1 Å². The fourth-order valence-corrected chi connectivity index (χ4v) is 3.05. The minimum absolute atomic E-state index is 0.424. The van der Waals surface area contributed by atoms with E-state index in [0.29, 0.717) is 12.0 Å². The quantitative estimate of drug-likeness (QED) is 0.904. The Bertz CT molecular complexity index is 430. The van der Waals surface area contributed by atoms with Crippen molar-refractivity contribution in [1.82, 2.24) is 9.97 Å². The fourth-order valence-electron chi connectivity index (χ4n) is 3.05.